The number of rotatable bonds is 7. The van der Waals surface area contributed by atoms with Crippen LogP contribution in [-0.4, -0.2) is 13.1 Å². The maximum Gasteiger partial charge on any atom is 0.0243 e. The summed E-state index contributed by atoms with van der Waals surface area (Å²) in [4.78, 5) is 0. The quantitative estimate of drug-likeness (QED) is 0.544. The predicted octanol–water partition coefficient (Wildman–Crippen LogP) is 2.57. The Morgan fingerprint density at radius 1 is 1.20 bits per heavy atom. The van der Waals surface area contributed by atoms with Crippen molar-refractivity contribution in [2.24, 2.45) is 0 Å². The zero-order valence-electron chi connectivity index (χ0n) is 9.95. The maximum atomic E-state index is 6.95. The van der Waals surface area contributed by atoms with Crippen molar-refractivity contribution in [2.45, 2.75) is 45.9 Å². The molecular weight excluding hydrogens is 122 g/mol. The molecule has 0 rings (SSSR count). The lowest BCUT2D eigenvalue weighted by molar-refractivity contribution is 0.593. The van der Waals surface area contributed by atoms with Crippen LogP contribution in [0.25, 0.3) is 0 Å². The van der Waals surface area contributed by atoms with E-state index in [1.165, 1.54) is 25.7 Å². The van der Waals surface area contributed by atoms with Gasteiger partial charge >= 0.3 is 0 Å². The van der Waals surface area contributed by atoms with Crippen molar-refractivity contribution in [1.82, 2.24) is 5.32 Å². The average molecular weight is 146 g/mol. The van der Waals surface area contributed by atoms with Gasteiger partial charge in [0.1, 0.15) is 0 Å². The lowest BCUT2D eigenvalue weighted by Crippen LogP contribution is -2.13. The molecule has 0 spiro atoms. The van der Waals surface area contributed by atoms with Gasteiger partial charge in [-0.15, -0.1) is 0 Å². The molecule has 0 radical (unpaired) electrons. The van der Waals surface area contributed by atoms with Gasteiger partial charge in [-0.1, -0.05) is 39.5 Å². The van der Waals surface area contributed by atoms with Crippen LogP contribution in [0.4, 0.5) is 0 Å². The van der Waals surface area contributed by atoms with Crippen molar-refractivity contribution in [3.05, 3.63) is 0 Å². The SMILES string of the molecule is [2H]C([2H])([2H])CNCCCCCCC. The Morgan fingerprint density at radius 2 is 2.00 bits per heavy atom. The van der Waals surface area contributed by atoms with E-state index in [1.54, 1.807) is 0 Å². The monoisotopic (exact) mass is 146 g/mol. The molecule has 0 aliphatic rings. The molecule has 0 bridgehead atoms. The van der Waals surface area contributed by atoms with E-state index >= 15 is 0 Å². The Labute approximate surface area is 69.4 Å². The summed E-state index contributed by atoms with van der Waals surface area (Å²) in [6.07, 6.45) is 6.12. The molecule has 0 atom stereocenters. The highest BCUT2D eigenvalue weighted by atomic mass is 14.8. The molecule has 0 aliphatic carbocycles. The average Bonchev–Trinajstić information content (AvgIpc) is 2.01. The zero-order chi connectivity index (χ0) is 10.2. The van der Waals surface area contributed by atoms with E-state index in [9.17, 15) is 0 Å². The molecule has 0 fully saturated rings. The van der Waals surface area contributed by atoms with E-state index in [4.69, 9.17) is 4.11 Å². The summed E-state index contributed by atoms with van der Waals surface area (Å²) in [5.74, 6) is 0. The minimum atomic E-state index is -1.82. The van der Waals surface area contributed by atoms with Crippen LogP contribution in [-0.2, 0) is 0 Å². The van der Waals surface area contributed by atoms with Gasteiger partial charge in [0.25, 0.3) is 0 Å². The number of hydrogen-bond acceptors (Lipinski definition) is 1. The van der Waals surface area contributed by atoms with E-state index in [0.717, 1.165) is 13.0 Å². The first-order valence-corrected chi connectivity index (χ1v) is 4.27. The van der Waals surface area contributed by atoms with Gasteiger partial charge < -0.3 is 5.32 Å². The minimum absolute atomic E-state index is 0.140. The van der Waals surface area contributed by atoms with E-state index in [-0.39, 0.29) is 6.54 Å². The number of unbranched alkanes of at least 4 members (excludes halogenated alkanes) is 4. The lowest BCUT2D eigenvalue weighted by Gasteiger charge is -1.99. The first-order valence-electron chi connectivity index (χ1n) is 5.77. The Bertz CT molecular complexity index is 112. The van der Waals surface area contributed by atoms with Gasteiger partial charge in [0, 0.05) is 4.11 Å². The first-order chi connectivity index (χ1) is 6.06. The molecule has 0 aromatic rings. The summed E-state index contributed by atoms with van der Waals surface area (Å²) in [6.45, 7) is 1.35. The third-order valence-corrected chi connectivity index (χ3v) is 1.58. The maximum absolute atomic E-state index is 6.95. The smallest absolute Gasteiger partial charge is 0.0243 e. The van der Waals surface area contributed by atoms with Gasteiger partial charge in [0.15, 0.2) is 0 Å². The molecule has 0 saturated carbocycles. The zero-order valence-corrected chi connectivity index (χ0v) is 6.95. The summed E-state index contributed by atoms with van der Waals surface area (Å²) in [5, 5.41) is 2.94. The second-order valence-corrected chi connectivity index (χ2v) is 2.59. The third-order valence-electron chi connectivity index (χ3n) is 1.58. The van der Waals surface area contributed by atoms with Crippen molar-refractivity contribution >= 4 is 0 Å². The van der Waals surface area contributed by atoms with Crippen molar-refractivity contribution in [1.29, 1.82) is 0 Å². The molecule has 0 aromatic carbocycles. The van der Waals surface area contributed by atoms with Crippen LogP contribution in [0.5, 0.6) is 0 Å². The summed E-state index contributed by atoms with van der Waals surface area (Å²) < 4.78 is 20.8. The van der Waals surface area contributed by atoms with Crippen molar-refractivity contribution in [3.63, 3.8) is 0 Å². The fraction of sp³-hybridized carbons (Fsp3) is 1.00. The van der Waals surface area contributed by atoms with Crippen molar-refractivity contribution in [3.8, 4) is 0 Å². The van der Waals surface area contributed by atoms with Gasteiger partial charge in [-0.05, 0) is 19.5 Å². The fourth-order valence-corrected chi connectivity index (χ4v) is 0.942. The molecule has 1 nitrogen and oxygen atoms in total. The van der Waals surface area contributed by atoms with E-state index in [2.05, 4.69) is 12.2 Å². The molecule has 0 aromatic heterocycles. The summed E-state index contributed by atoms with van der Waals surface area (Å²) >= 11 is 0. The third kappa shape index (κ3) is 7.96. The van der Waals surface area contributed by atoms with E-state index in [0.29, 0.717) is 0 Å². The largest absolute Gasteiger partial charge is 0.317 e. The van der Waals surface area contributed by atoms with Crippen LogP contribution in [0.15, 0.2) is 0 Å². The van der Waals surface area contributed by atoms with Crippen LogP contribution < -0.4 is 5.32 Å². The Hall–Kier alpha value is -0.0400. The van der Waals surface area contributed by atoms with Crippen LogP contribution in [0.2, 0.25) is 0 Å². The second-order valence-electron chi connectivity index (χ2n) is 2.59. The molecule has 62 valence electrons. The van der Waals surface area contributed by atoms with Crippen molar-refractivity contribution < 1.29 is 4.11 Å². The number of hydrogen-bond donors (Lipinski definition) is 1. The Balaban J connectivity index is 3.00. The van der Waals surface area contributed by atoms with Crippen LogP contribution in [0.1, 0.15) is 50.0 Å². The van der Waals surface area contributed by atoms with Gasteiger partial charge in [-0.2, -0.15) is 0 Å². The molecule has 1 N–H and O–H groups in total. The van der Waals surface area contributed by atoms with Gasteiger partial charge in [0.05, 0.1) is 0 Å². The van der Waals surface area contributed by atoms with E-state index in [1.807, 2.05) is 0 Å². The van der Waals surface area contributed by atoms with Crippen LogP contribution in [0, 0.1) is 0 Å². The highest BCUT2D eigenvalue weighted by molar-refractivity contribution is 4.45. The predicted molar refractivity (Wildman–Crippen MR) is 47.3 cm³/mol. The Kier molecular flexibility index (Phi) is 5.01. The molecule has 10 heavy (non-hydrogen) atoms. The minimum Gasteiger partial charge on any atom is -0.317 e. The van der Waals surface area contributed by atoms with Gasteiger partial charge in [-0.3, -0.25) is 0 Å². The van der Waals surface area contributed by atoms with Crippen LogP contribution >= 0.6 is 0 Å². The standard InChI is InChI=1S/C9H21N/c1-3-5-6-7-8-9-10-4-2/h10H,3-9H2,1-2H3/i2D3. The number of nitrogens with one attached hydrogen (secondary N) is 1. The highest BCUT2D eigenvalue weighted by Crippen LogP contribution is 2.00. The molecule has 0 amide bonds. The molecule has 0 saturated heterocycles. The molecule has 0 aliphatic heterocycles. The van der Waals surface area contributed by atoms with Gasteiger partial charge in [0.2, 0.25) is 0 Å². The normalized spacial score (nSPS) is 15.9. The van der Waals surface area contributed by atoms with Crippen molar-refractivity contribution in [2.75, 3.05) is 13.1 Å². The van der Waals surface area contributed by atoms with Gasteiger partial charge in [-0.25, -0.2) is 0 Å². The Morgan fingerprint density at radius 3 is 2.70 bits per heavy atom. The first kappa shape index (κ1) is 5.59. The fourth-order valence-electron chi connectivity index (χ4n) is 0.942. The molecule has 1 heteroatoms. The topological polar surface area (TPSA) is 12.0 Å². The highest BCUT2D eigenvalue weighted by Gasteiger charge is 1.86. The summed E-state index contributed by atoms with van der Waals surface area (Å²) in [6, 6.07) is 0. The molecule has 0 unspecified atom stereocenters. The summed E-state index contributed by atoms with van der Waals surface area (Å²) in [7, 11) is 0. The second kappa shape index (κ2) is 8.96. The van der Waals surface area contributed by atoms with E-state index < -0.39 is 6.85 Å². The molecular formula is C9H21N. The van der Waals surface area contributed by atoms with Crippen LogP contribution in [0.3, 0.4) is 0 Å². The summed E-state index contributed by atoms with van der Waals surface area (Å²) in [5.41, 5.74) is 0. The molecule has 0 heterocycles. The lowest BCUT2D eigenvalue weighted by atomic mass is 10.1.